The molecule has 0 saturated carbocycles. The van der Waals surface area contributed by atoms with Crippen molar-refractivity contribution in [3.05, 3.63) is 149 Å². The molecule has 2 aliphatic carbocycles. The van der Waals surface area contributed by atoms with Gasteiger partial charge in [-0.15, -0.1) is 0 Å². The molecular formula is C38H30N4. The SMILES string of the molecule is C1=Cc2c(c(-c3ccc(C4=C(c5ccccc5)NC5=CCCC=C5N4)cc3)c3ccccc3c2-c2cnccn2)CC1. The molecule has 1 aliphatic heterocycles. The molecule has 8 rings (SSSR count). The van der Waals surface area contributed by atoms with E-state index in [2.05, 4.69) is 119 Å². The third-order valence-electron chi connectivity index (χ3n) is 8.47. The van der Waals surface area contributed by atoms with Crippen molar-refractivity contribution in [1.29, 1.82) is 0 Å². The second-order valence-corrected chi connectivity index (χ2v) is 11.0. The monoisotopic (exact) mass is 542 g/mol. The van der Waals surface area contributed by atoms with E-state index in [9.17, 15) is 0 Å². The van der Waals surface area contributed by atoms with Crippen LogP contribution in [-0.2, 0) is 6.42 Å². The van der Waals surface area contributed by atoms with Crippen LogP contribution >= 0.6 is 0 Å². The number of allylic oxidation sites excluding steroid dienone is 3. The zero-order valence-electron chi connectivity index (χ0n) is 23.3. The van der Waals surface area contributed by atoms with E-state index < -0.39 is 0 Å². The lowest BCUT2D eigenvalue weighted by molar-refractivity contribution is 0.872. The van der Waals surface area contributed by atoms with Gasteiger partial charge in [0, 0.05) is 29.1 Å². The molecule has 2 heterocycles. The summed E-state index contributed by atoms with van der Waals surface area (Å²) < 4.78 is 0. The highest BCUT2D eigenvalue weighted by molar-refractivity contribution is 6.09. The van der Waals surface area contributed by atoms with Crippen LogP contribution in [0.3, 0.4) is 0 Å². The van der Waals surface area contributed by atoms with Gasteiger partial charge in [0.15, 0.2) is 0 Å². The highest BCUT2D eigenvalue weighted by Gasteiger charge is 2.25. The number of hydrogen-bond donors (Lipinski definition) is 2. The molecular weight excluding hydrogens is 512 g/mol. The minimum absolute atomic E-state index is 0.917. The molecule has 42 heavy (non-hydrogen) atoms. The van der Waals surface area contributed by atoms with Crippen molar-refractivity contribution in [2.75, 3.05) is 0 Å². The third kappa shape index (κ3) is 4.15. The Hall–Kier alpha value is -5.22. The molecule has 0 bridgehead atoms. The van der Waals surface area contributed by atoms with Gasteiger partial charge in [-0.05, 0) is 58.7 Å². The Morgan fingerprint density at radius 3 is 1.93 bits per heavy atom. The first kappa shape index (κ1) is 24.6. The Morgan fingerprint density at radius 2 is 1.24 bits per heavy atom. The Labute approximate surface area is 245 Å². The average molecular weight is 543 g/mol. The van der Waals surface area contributed by atoms with Crippen LogP contribution in [0, 0.1) is 0 Å². The van der Waals surface area contributed by atoms with Crippen LogP contribution in [0.5, 0.6) is 0 Å². The van der Waals surface area contributed by atoms with E-state index in [0.717, 1.165) is 59.7 Å². The van der Waals surface area contributed by atoms with Gasteiger partial charge in [-0.3, -0.25) is 9.97 Å². The van der Waals surface area contributed by atoms with E-state index in [4.69, 9.17) is 4.98 Å². The number of nitrogens with zero attached hydrogens (tertiary/aromatic N) is 2. The first-order valence-corrected chi connectivity index (χ1v) is 14.7. The van der Waals surface area contributed by atoms with E-state index in [1.54, 1.807) is 12.4 Å². The lowest BCUT2D eigenvalue weighted by Gasteiger charge is -2.30. The molecule has 2 N–H and O–H groups in total. The zero-order valence-corrected chi connectivity index (χ0v) is 23.3. The zero-order chi connectivity index (χ0) is 27.9. The first-order chi connectivity index (χ1) is 20.8. The van der Waals surface area contributed by atoms with Gasteiger partial charge in [-0.1, -0.05) is 103 Å². The topological polar surface area (TPSA) is 49.8 Å². The summed E-state index contributed by atoms with van der Waals surface area (Å²) in [7, 11) is 0. The van der Waals surface area contributed by atoms with Gasteiger partial charge in [-0.2, -0.15) is 0 Å². The minimum Gasteiger partial charge on any atom is -0.352 e. The van der Waals surface area contributed by atoms with Crippen molar-refractivity contribution in [3.8, 4) is 22.4 Å². The van der Waals surface area contributed by atoms with Gasteiger partial charge in [0.1, 0.15) is 0 Å². The van der Waals surface area contributed by atoms with Crippen LogP contribution in [0.4, 0.5) is 0 Å². The second-order valence-electron chi connectivity index (χ2n) is 11.0. The molecule has 0 spiro atoms. The molecule has 202 valence electrons. The van der Waals surface area contributed by atoms with Gasteiger partial charge in [0.25, 0.3) is 0 Å². The lowest BCUT2D eigenvalue weighted by Crippen LogP contribution is -2.31. The average Bonchev–Trinajstić information content (AvgIpc) is 3.07. The summed E-state index contributed by atoms with van der Waals surface area (Å²) in [5.41, 5.74) is 14.1. The first-order valence-electron chi connectivity index (χ1n) is 14.7. The molecule has 4 aromatic carbocycles. The molecule has 0 radical (unpaired) electrons. The standard InChI is InChI=1S/C38H30N4/c1-2-10-26(11-3-1)37-38(42-33-17-9-8-16-32(33)41-37)27-20-18-25(19-21-27)35-28-12-4-6-14-30(28)36(34-24-39-22-23-40-34)31-15-7-5-13-29(31)35/h1-4,6-7,10-12,14-24,41-42H,5,8-9,13H2. The molecule has 0 fully saturated rings. The van der Waals surface area contributed by atoms with Crippen LogP contribution < -0.4 is 10.6 Å². The van der Waals surface area contributed by atoms with Crippen molar-refractivity contribution in [1.82, 2.24) is 20.6 Å². The van der Waals surface area contributed by atoms with Gasteiger partial charge in [0.05, 0.1) is 34.7 Å². The number of fused-ring (bicyclic) bond motifs is 3. The smallest absolute Gasteiger partial charge is 0.0897 e. The number of rotatable bonds is 4. The molecule has 0 atom stereocenters. The molecule has 1 aromatic heterocycles. The highest BCUT2D eigenvalue weighted by atomic mass is 15.1. The molecule has 3 aliphatic rings. The molecule has 0 unspecified atom stereocenters. The minimum atomic E-state index is 0.917. The molecule has 4 nitrogen and oxygen atoms in total. The van der Waals surface area contributed by atoms with Gasteiger partial charge < -0.3 is 10.6 Å². The van der Waals surface area contributed by atoms with E-state index >= 15 is 0 Å². The Kier molecular flexibility index (Phi) is 6.03. The Balaban J connectivity index is 1.29. The summed E-state index contributed by atoms with van der Waals surface area (Å²) in [5, 5.41) is 9.98. The van der Waals surface area contributed by atoms with Crippen molar-refractivity contribution in [2.24, 2.45) is 0 Å². The second kappa shape index (κ2) is 10.3. The van der Waals surface area contributed by atoms with Crippen molar-refractivity contribution >= 4 is 28.2 Å². The predicted octanol–water partition coefficient (Wildman–Crippen LogP) is 8.50. The summed E-state index contributed by atoms with van der Waals surface area (Å²) in [6.45, 7) is 0. The number of aromatic nitrogens is 2. The Morgan fingerprint density at radius 1 is 0.595 bits per heavy atom. The van der Waals surface area contributed by atoms with E-state index in [1.807, 2.05) is 6.20 Å². The van der Waals surface area contributed by atoms with Crippen molar-refractivity contribution < 1.29 is 0 Å². The summed E-state index contributed by atoms with van der Waals surface area (Å²) in [4.78, 5) is 9.11. The van der Waals surface area contributed by atoms with Crippen LogP contribution in [0.1, 0.15) is 41.5 Å². The van der Waals surface area contributed by atoms with E-state index in [-0.39, 0.29) is 0 Å². The lowest BCUT2D eigenvalue weighted by atomic mass is 9.81. The molecule has 0 amide bonds. The number of hydrogen-bond acceptors (Lipinski definition) is 4. The summed E-state index contributed by atoms with van der Waals surface area (Å²) in [6.07, 6.45) is 18.7. The number of benzene rings is 4. The maximum Gasteiger partial charge on any atom is 0.0897 e. The normalized spacial score (nSPS) is 15.7. The fraction of sp³-hybridized carbons (Fsp3) is 0.105. The van der Waals surface area contributed by atoms with Crippen molar-refractivity contribution in [3.63, 3.8) is 0 Å². The maximum atomic E-state index is 4.71. The molecule has 0 saturated heterocycles. The van der Waals surface area contributed by atoms with Crippen molar-refractivity contribution in [2.45, 2.75) is 25.7 Å². The summed E-state index contributed by atoms with van der Waals surface area (Å²) in [6, 6.07) is 28.4. The van der Waals surface area contributed by atoms with Gasteiger partial charge in [0.2, 0.25) is 0 Å². The van der Waals surface area contributed by atoms with E-state index in [1.165, 1.54) is 44.2 Å². The Bertz CT molecular complexity index is 1950. The predicted molar refractivity (Wildman–Crippen MR) is 173 cm³/mol. The largest absolute Gasteiger partial charge is 0.352 e. The summed E-state index contributed by atoms with van der Waals surface area (Å²) in [5.74, 6) is 0. The van der Waals surface area contributed by atoms with E-state index in [0.29, 0.717) is 0 Å². The molecule has 4 heteroatoms. The molecule has 5 aromatic rings. The van der Waals surface area contributed by atoms with Crippen LogP contribution in [-0.4, -0.2) is 9.97 Å². The van der Waals surface area contributed by atoms with Gasteiger partial charge in [-0.25, -0.2) is 0 Å². The maximum absolute atomic E-state index is 4.71. The fourth-order valence-electron chi connectivity index (χ4n) is 6.57. The number of nitrogens with one attached hydrogen (secondary N) is 2. The highest BCUT2D eigenvalue weighted by Crippen LogP contribution is 2.44. The fourth-order valence-corrected chi connectivity index (χ4v) is 6.57. The van der Waals surface area contributed by atoms with Crippen LogP contribution in [0.15, 0.2) is 127 Å². The summed E-state index contributed by atoms with van der Waals surface area (Å²) >= 11 is 0. The van der Waals surface area contributed by atoms with Crippen LogP contribution in [0.2, 0.25) is 0 Å². The third-order valence-corrected chi connectivity index (χ3v) is 8.47. The quantitative estimate of drug-likeness (QED) is 0.239. The van der Waals surface area contributed by atoms with Crippen LogP contribution in [0.25, 0.3) is 50.6 Å². The van der Waals surface area contributed by atoms with Gasteiger partial charge >= 0.3 is 0 Å².